The maximum Gasteiger partial charge on any atom is 0.260 e. The van der Waals surface area contributed by atoms with E-state index in [9.17, 15) is 4.79 Å². The van der Waals surface area contributed by atoms with Gasteiger partial charge in [-0.25, -0.2) is 0 Å². The normalized spacial score (nSPS) is 15.1. The van der Waals surface area contributed by atoms with Gasteiger partial charge in [0.1, 0.15) is 17.1 Å². The third-order valence-electron chi connectivity index (χ3n) is 5.90. The Balaban J connectivity index is 1.61. The highest BCUT2D eigenvalue weighted by Gasteiger charge is 2.27. The number of nitrogens with zero attached hydrogens (tertiary/aromatic N) is 2. The lowest BCUT2D eigenvalue weighted by molar-refractivity contribution is 0.102. The first-order chi connectivity index (χ1) is 15.8. The Bertz CT molecular complexity index is 1200. The third kappa shape index (κ3) is 4.73. The molecule has 174 valence electrons. The first-order valence-electron chi connectivity index (χ1n) is 11.2. The molecule has 0 fully saturated rings. The molecule has 0 spiro atoms. The Morgan fingerprint density at radius 3 is 2.76 bits per heavy atom. The number of ether oxygens (including phenoxy) is 3. The largest absolute Gasteiger partial charge is 0.495 e. The van der Waals surface area contributed by atoms with Crippen LogP contribution in [0.25, 0.3) is 17.0 Å². The highest BCUT2D eigenvalue weighted by atomic mass is 16.5. The predicted octanol–water partition coefficient (Wildman–Crippen LogP) is 5.30. The van der Waals surface area contributed by atoms with Crippen LogP contribution in [0.1, 0.15) is 49.5 Å². The Morgan fingerprint density at radius 1 is 1.21 bits per heavy atom. The van der Waals surface area contributed by atoms with Gasteiger partial charge >= 0.3 is 0 Å². The number of para-hydroxylation sites is 1. The van der Waals surface area contributed by atoms with Gasteiger partial charge in [-0.3, -0.25) is 9.48 Å². The van der Waals surface area contributed by atoms with Gasteiger partial charge in [-0.1, -0.05) is 12.1 Å². The van der Waals surface area contributed by atoms with Crippen molar-refractivity contribution in [2.45, 2.75) is 51.9 Å². The molecule has 7 nitrogen and oxygen atoms in total. The summed E-state index contributed by atoms with van der Waals surface area (Å²) in [5, 5.41) is 8.59. The number of carbonyl (C=O) groups is 1. The lowest BCUT2D eigenvalue weighted by Crippen LogP contribution is -2.28. The Kier molecular flexibility index (Phi) is 6.42. The molecule has 1 atom stereocenters. The summed E-state index contributed by atoms with van der Waals surface area (Å²) in [5.74, 6) is 1.42. The minimum Gasteiger partial charge on any atom is -0.495 e. The summed E-state index contributed by atoms with van der Waals surface area (Å²) in [6, 6.07) is 11.4. The minimum atomic E-state index is -0.408. The molecule has 0 saturated carbocycles. The number of benzene rings is 2. The van der Waals surface area contributed by atoms with Crippen LogP contribution < -0.4 is 14.8 Å². The Morgan fingerprint density at radius 2 is 2.00 bits per heavy atom. The highest BCUT2D eigenvalue weighted by Crippen LogP contribution is 2.39. The molecule has 0 saturated heterocycles. The average Bonchev–Trinajstić information content (AvgIpc) is 3.14. The summed E-state index contributed by atoms with van der Waals surface area (Å²) < 4.78 is 18.9. The van der Waals surface area contributed by atoms with E-state index in [1.807, 2.05) is 61.0 Å². The van der Waals surface area contributed by atoms with Crippen molar-refractivity contribution in [1.29, 1.82) is 0 Å². The van der Waals surface area contributed by atoms with Crippen LogP contribution in [-0.4, -0.2) is 41.6 Å². The van der Waals surface area contributed by atoms with Crippen molar-refractivity contribution >= 4 is 28.7 Å². The van der Waals surface area contributed by atoms with Gasteiger partial charge in [-0.05, 0) is 70.0 Å². The molecular formula is C26H31N3O4. The molecule has 7 heteroatoms. The van der Waals surface area contributed by atoms with Crippen molar-refractivity contribution in [2.75, 3.05) is 19.5 Å². The van der Waals surface area contributed by atoms with Crippen molar-refractivity contribution in [3.63, 3.8) is 0 Å². The van der Waals surface area contributed by atoms with Gasteiger partial charge in [-0.15, -0.1) is 0 Å². The van der Waals surface area contributed by atoms with E-state index in [4.69, 9.17) is 19.3 Å². The van der Waals surface area contributed by atoms with Crippen LogP contribution in [0.4, 0.5) is 5.82 Å². The van der Waals surface area contributed by atoms with Gasteiger partial charge in [0.05, 0.1) is 29.9 Å². The summed E-state index contributed by atoms with van der Waals surface area (Å²) in [4.78, 5) is 13.3. The molecule has 4 rings (SSSR count). The maximum absolute atomic E-state index is 13.3. The summed E-state index contributed by atoms with van der Waals surface area (Å²) in [5.41, 5.74) is 1.76. The van der Waals surface area contributed by atoms with Gasteiger partial charge in [0.15, 0.2) is 5.82 Å². The number of nitrogens with one attached hydrogen (secondary N) is 1. The average molecular weight is 450 g/mol. The number of anilines is 1. The van der Waals surface area contributed by atoms with E-state index < -0.39 is 5.60 Å². The molecule has 1 aliphatic rings. The highest BCUT2D eigenvalue weighted by molar-refractivity contribution is 6.10. The van der Waals surface area contributed by atoms with E-state index >= 15 is 0 Å². The zero-order valence-electron chi connectivity index (χ0n) is 19.8. The van der Waals surface area contributed by atoms with Gasteiger partial charge in [-0.2, -0.15) is 5.10 Å². The standard InChI is InChI=1S/C26H31N3O4/c1-17(31-4)9-8-16-29-21-11-7-6-10-18(21)24(28-29)27-25(30)20-12-13-22-19(23(20)32-5)14-15-26(2,3)33-22/h6-7,10-15,17H,8-9,16H2,1-5H3,(H,27,28,30). The molecule has 1 unspecified atom stereocenters. The molecule has 2 aromatic carbocycles. The van der Waals surface area contributed by atoms with Crippen molar-refractivity contribution in [1.82, 2.24) is 9.78 Å². The molecule has 1 aliphatic heterocycles. The number of hydrogen-bond acceptors (Lipinski definition) is 5. The van der Waals surface area contributed by atoms with Gasteiger partial charge in [0, 0.05) is 19.0 Å². The zero-order chi connectivity index (χ0) is 23.6. The number of fused-ring (bicyclic) bond motifs is 2. The second-order valence-corrected chi connectivity index (χ2v) is 8.83. The van der Waals surface area contributed by atoms with Gasteiger partial charge < -0.3 is 19.5 Å². The molecule has 0 aliphatic carbocycles. The van der Waals surface area contributed by atoms with E-state index in [0.717, 1.165) is 35.9 Å². The molecule has 0 radical (unpaired) electrons. The van der Waals surface area contributed by atoms with Crippen LogP contribution in [0, 0.1) is 0 Å². The predicted molar refractivity (Wildman–Crippen MR) is 130 cm³/mol. The summed E-state index contributed by atoms with van der Waals surface area (Å²) in [7, 11) is 3.28. The maximum atomic E-state index is 13.3. The lowest BCUT2D eigenvalue weighted by atomic mass is 9.99. The summed E-state index contributed by atoms with van der Waals surface area (Å²) >= 11 is 0. The SMILES string of the molecule is COc1c(C(=O)Nc2nn(CCCC(C)OC)c3ccccc23)ccc2c1C=CC(C)(C)O2. The van der Waals surface area contributed by atoms with Crippen molar-refractivity contribution in [3.8, 4) is 11.5 Å². The smallest absolute Gasteiger partial charge is 0.260 e. The third-order valence-corrected chi connectivity index (χ3v) is 5.90. The Hall–Kier alpha value is -3.32. The molecule has 1 amide bonds. The summed E-state index contributed by atoms with van der Waals surface area (Å²) in [6.07, 6.45) is 5.96. The topological polar surface area (TPSA) is 74.6 Å². The van der Waals surface area contributed by atoms with E-state index in [-0.39, 0.29) is 12.0 Å². The van der Waals surface area contributed by atoms with E-state index in [1.165, 1.54) is 0 Å². The first-order valence-corrected chi connectivity index (χ1v) is 11.2. The first kappa shape index (κ1) is 22.9. The summed E-state index contributed by atoms with van der Waals surface area (Å²) in [6.45, 7) is 6.76. The van der Waals surface area contributed by atoms with E-state index in [1.54, 1.807) is 20.3 Å². The van der Waals surface area contributed by atoms with Gasteiger partial charge in [0.2, 0.25) is 0 Å². The second kappa shape index (κ2) is 9.27. The molecule has 0 bridgehead atoms. The van der Waals surface area contributed by atoms with Crippen LogP contribution in [0.2, 0.25) is 0 Å². The number of hydrogen-bond donors (Lipinski definition) is 1. The van der Waals surface area contributed by atoms with Crippen LogP contribution >= 0.6 is 0 Å². The van der Waals surface area contributed by atoms with E-state index in [0.29, 0.717) is 22.9 Å². The number of methoxy groups -OCH3 is 2. The quantitative estimate of drug-likeness (QED) is 0.505. The fraction of sp³-hybridized carbons (Fsp3) is 0.385. The molecule has 3 aromatic rings. The fourth-order valence-electron chi connectivity index (χ4n) is 4.04. The van der Waals surface area contributed by atoms with E-state index in [2.05, 4.69) is 12.2 Å². The number of rotatable bonds is 8. The fourth-order valence-corrected chi connectivity index (χ4v) is 4.04. The van der Waals surface area contributed by atoms with Crippen molar-refractivity contribution in [3.05, 3.63) is 53.6 Å². The molecule has 33 heavy (non-hydrogen) atoms. The monoisotopic (exact) mass is 449 g/mol. The molecule has 1 aromatic heterocycles. The number of aromatic nitrogens is 2. The van der Waals surface area contributed by atoms with Crippen LogP contribution in [0.3, 0.4) is 0 Å². The molecule has 1 N–H and O–H groups in total. The number of amides is 1. The minimum absolute atomic E-state index is 0.200. The Labute approximate surface area is 194 Å². The second-order valence-electron chi connectivity index (χ2n) is 8.83. The van der Waals surface area contributed by atoms with Crippen molar-refractivity contribution < 1.29 is 19.0 Å². The number of aryl methyl sites for hydroxylation is 1. The zero-order valence-corrected chi connectivity index (χ0v) is 19.8. The van der Waals surface area contributed by atoms with Crippen molar-refractivity contribution in [2.24, 2.45) is 0 Å². The number of carbonyl (C=O) groups excluding carboxylic acids is 1. The molecular weight excluding hydrogens is 418 g/mol. The van der Waals surface area contributed by atoms with Crippen LogP contribution in [-0.2, 0) is 11.3 Å². The molecule has 2 heterocycles. The van der Waals surface area contributed by atoms with Crippen LogP contribution in [0.15, 0.2) is 42.5 Å². The van der Waals surface area contributed by atoms with Crippen LogP contribution in [0.5, 0.6) is 11.5 Å². The lowest BCUT2D eigenvalue weighted by Gasteiger charge is -2.29. The van der Waals surface area contributed by atoms with Gasteiger partial charge in [0.25, 0.3) is 5.91 Å².